The SMILES string of the molecule is COC(=O)CC(C(=O)O)=C(C)C. The van der Waals surface area contributed by atoms with Crippen molar-refractivity contribution in [2.45, 2.75) is 20.3 Å². The fourth-order valence-electron chi connectivity index (χ4n) is 0.683. The lowest BCUT2D eigenvalue weighted by atomic mass is 10.1. The number of carbonyl (C=O) groups excluding carboxylic acids is 1. The Kier molecular flexibility index (Phi) is 4.04. The van der Waals surface area contributed by atoms with Crippen LogP contribution in [0.15, 0.2) is 11.1 Å². The number of esters is 1. The Morgan fingerprint density at radius 3 is 2.08 bits per heavy atom. The molecule has 0 unspecified atom stereocenters. The van der Waals surface area contributed by atoms with Gasteiger partial charge in [0.2, 0.25) is 0 Å². The van der Waals surface area contributed by atoms with E-state index >= 15 is 0 Å². The van der Waals surface area contributed by atoms with Crippen molar-refractivity contribution in [3.63, 3.8) is 0 Å². The van der Waals surface area contributed by atoms with Crippen molar-refractivity contribution in [1.82, 2.24) is 0 Å². The smallest absolute Gasteiger partial charge is 0.332 e. The molecule has 4 heteroatoms. The second kappa shape index (κ2) is 4.54. The molecule has 0 aromatic carbocycles. The van der Waals surface area contributed by atoms with Crippen LogP contribution in [0.3, 0.4) is 0 Å². The number of carboxylic acids is 1. The monoisotopic (exact) mass is 172 g/mol. The Morgan fingerprint density at radius 1 is 1.33 bits per heavy atom. The van der Waals surface area contributed by atoms with Gasteiger partial charge in [0.1, 0.15) is 0 Å². The molecule has 12 heavy (non-hydrogen) atoms. The molecule has 0 aliphatic rings. The molecule has 68 valence electrons. The first-order chi connectivity index (χ1) is 5.49. The molecular weight excluding hydrogens is 160 g/mol. The van der Waals surface area contributed by atoms with Gasteiger partial charge >= 0.3 is 11.9 Å². The van der Waals surface area contributed by atoms with Crippen molar-refractivity contribution in [3.05, 3.63) is 11.1 Å². The summed E-state index contributed by atoms with van der Waals surface area (Å²) in [7, 11) is 1.23. The third kappa shape index (κ3) is 3.18. The number of ether oxygens (including phenoxy) is 1. The Bertz CT molecular complexity index is 223. The van der Waals surface area contributed by atoms with Crippen molar-refractivity contribution >= 4 is 11.9 Å². The summed E-state index contributed by atoms with van der Waals surface area (Å²) in [5.74, 6) is -1.60. The first-order valence-electron chi connectivity index (χ1n) is 3.45. The van der Waals surface area contributed by atoms with E-state index in [1.54, 1.807) is 13.8 Å². The fourth-order valence-corrected chi connectivity index (χ4v) is 0.683. The van der Waals surface area contributed by atoms with Gasteiger partial charge in [-0.25, -0.2) is 4.79 Å². The molecule has 0 heterocycles. The summed E-state index contributed by atoms with van der Waals surface area (Å²) < 4.78 is 4.34. The first-order valence-corrected chi connectivity index (χ1v) is 3.45. The minimum absolute atomic E-state index is 0.0989. The molecule has 0 saturated heterocycles. The van der Waals surface area contributed by atoms with Crippen LogP contribution in [0.25, 0.3) is 0 Å². The number of methoxy groups -OCH3 is 1. The molecule has 0 aliphatic heterocycles. The molecule has 0 aromatic rings. The lowest BCUT2D eigenvalue weighted by Gasteiger charge is -2.02. The largest absolute Gasteiger partial charge is 0.478 e. The molecule has 4 nitrogen and oxygen atoms in total. The maximum Gasteiger partial charge on any atom is 0.332 e. The summed E-state index contributed by atoms with van der Waals surface area (Å²) in [4.78, 5) is 21.2. The van der Waals surface area contributed by atoms with Crippen LogP contribution < -0.4 is 0 Å². The van der Waals surface area contributed by atoms with E-state index in [2.05, 4.69) is 4.74 Å². The standard InChI is InChI=1S/C8H12O4/c1-5(2)6(8(10)11)4-7(9)12-3/h4H2,1-3H3,(H,10,11). The van der Waals surface area contributed by atoms with Crippen LogP contribution in [0.4, 0.5) is 0 Å². The maximum absolute atomic E-state index is 10.7. The van der Waals surface area contributed by atoms with Crippen LogP contribution in [0.1, 0.15) is 20.3 Å². The molecule has 0 aromatic heterocycles. The van der Waals surface area contributed by atoms with Crippen LogP contribution in [0.5, 0.6) is 0 Å². The summed E-state index contributed by atoms with van der Waals surface area (Å²) in [6, 6.07) is 0. The Labute approximate surface area is 70.8 Å². The zero-order valence-corrected chi connectivity index (χ0v) is 7.38. The molecule has 0 radical (unpaired) electrons. The number of hydrogen-bond donors (Lipinski definition) is 1. The van der Waals surface area contributed by atoms with Gasteiger partial charge in [0.25, 0.3) is 0 Å². The van der Waals surface area contributed by atoms with Crippen molar-refractivity contribution in [3.8, 4) is 0 Å². The molecule has 0 bridgehead atoms. The van der Waals surface area contributed by atoms with Crippen LogP contribution in [0.2, 0.25) is 0 Å². The summed E-state index contributed by atoms with van der Waals surface area (Å²) in [5.41, 5.74) is 0.717. The highest BCUT2D eigenvalue weighted by Crippen LogP contribution is 2.08. The van der Waals surface area contributed by atoms with Gasteiger partial charge in [-0.15, -0.1) is 0 Å². The zero-order valence-electron chi connectivity index (χ0n) is 7.38. The van der Waals surface area contributed by atoms with Crippen LogP contribution in [-0.4, -0.2) is 24.2 Å². The van der Waals surface area contributed by atoms with Gasteiger partial charge in [-0.3, -0.25) is 4.79 Å². The van der Waals surface area contributed by atoms with Gasteiger partial charge in [-0.05, 0) is 13.8 Å². The topological polar surface area (TPSA) is 63.6 Å². The van der Waals surface area contributed by atoms with Crippen molar-refractivity contribution in [2.75, 3.05) is 7.11 Å². The van der Waals surface area contributed by atoms with E-state index in [4.69, 9.17) is 5.11 Å². The lowest BCUT2D eigenvalue weighted by Crippen LogP contribution is -2.10. The lowest BCUT2D eigenvalue weighted by molar-refractivity contribution is -0.142. The highest BCUT2D eigenvalue weighted by atomic mass is 16.5. The zero-order chi connectivity index (χ0) is 9.72. The molecular formula is C8H12O4. The quantitative estimate of drug-likeness (QED) is 0.509. The van der Waals surface area contributed by atoms with E-state index < -0.39 is 11.9 Å². The average molecular weight is 172 g/mol. The Hall–Kier alpha value is -1.32. The van der Waals surface area contributed by atoms with E-state index in [0.717, 1.165) is 0 Å². The molecule has 0 fully saturated rings. The van der Waals surface area contributed by atoms with E-state index in [1.807, 2.05) is 0 Å². The Balaban J connectivity index is 4.48. The third-order valence-electron chi connectivity index (χ3n) is 1.41. The highest BCUT2D eigenvalue weighted by molar-refractivity contribution is 5.93. The average Bonchev–Trinajstić information content (AvgIpc) is 1.98. The molecule has 0 spiro atoms. The maximum atomic E-state index is 10.7. The highest BCUT2D eigenvalue weighted by Gasteiger charge is 2.13. The van der Waals surface area contributed by atoms with Gasteiger partial charge in [0.15, 0.2) is 0 Å². The molecule has 0 saturated carbocycles. The number of allylic oxidation sites excluding steroid dienone is 1. The fraction of sp³-hybridized carbons (Fsp3) is 0.500. The molecule has 0 atom stereocenters. The number of carbonyl (C=O) groups is 2. The van der Waals surface area contributed by atoms with Gasteiger partial charge < -0.3 is 9.84 Å². The van der Waals surface area contributed by atoms with E-state index in [9.17, 15) is 9.59 Å². The minimum Gasteiger partial charge on any atom is -0.478 e. The molecule has 0 rings (SSSR count). The van der Waals surface area contributed by atoms with Crippen LogP contribution >= 0.6 is 0 Å². The predicted octanol–water partition coefficient (Wildman–Crippen LogP) is 0.970. The predicted molar refractivity (Wildman–Crippen MR) is 42.6 cm³/mol. The van der Waals surface area contributed by atoms with E-state index in [0.29, 0.717) is 5.57 Å². The molecule has 0 amide bonds. The number of hydrogen-bond acceptors (Lipinski definition) is 3. The first kappa shape index (κ1) is 10.7. The number of carboxylic acid groups (broad SMARTS) is 1. The summed E-state index contributed by atoms with van der Waals surface area (Å²) in [5, 5.41) is 8.62. The third-order valence-corrected chi connectivity index (χ3v) is 1.41. The normalized spacial score (nSPS) is 8.92. The van der Waals surface area contributed by atoms with Crippen molar-refractivity contribution < 1.29 is 19.4 Å². The second-order valence-corrected chi connectivity index (χ2v) is 2.54. The van der Waals surface area contributed by atoms with Gasteiger partial charge in [0.05, 0.1) is 13.5 Å². The van der Waals surface area contributed by atoms with Crippen molar-refractivity contribution in [1.29, 1.82) is 0 Å². The number of rotatable bonds is 3. The molecule has 1 N–H and O–H groups in total. The van der Waals surface area contributed by atoms with Crippen LogP contribution in [-0.2, 0) is 14.3 Å². The van der Waals surface area contributed by atoms with Crippen LogP contribution in [0, 0.1) is 0 Å². The second-order valence-electron chi connectivity index (χ2n) is 2.54. The van der Waals surface area contributed by atoms with Gasteiger partial charge in [0, 0.05) is 5.57 Å². The minimum atomic E-state index is -1.07. The summed E-state index contributed by atoms with van der Waals surface area (Å²) in [6.45, 7) is 3.29. The summed E-state index contributed by atoms with van der Waals surface area (Å²) in [6.07, 6.45) is -0.172. The van der Waals surface area contributed by atoms with Gasteiger partial charge in [-0.2, -0.15) is 0 Å². The van der Waals surface area contributed by atoms with Crippen molar-refractivity contribution in [2.24, 2.45) is 0 Å². The Morgan fingerprint density at radius 2 is 1.83 bits per heavy atom. The molecule has 0 aliphatic carbocycles. The van der Waals surface area contributed by atoms with Gasteiger partial charge in [-0.1, -0.05) is 5.57 Å². The van der Waals surface area contributed by atoms with E-state index in [-0.39, 0.29) is 12.0 Å². The number of aliphatic carboxylic acids is 1. The summed E-state index contributed by atoms with van der Waals surface area (Å²) >= 11 is 0. The van der Waals surface area contributed by atoms with E-state index in [1.165, 1.54) is 7.11 Å².